The third-order valence-corrected chi connectivity index (χ3v) is 4.90. The van der Waals surface area contributed by atoms with Crippen LogP contribution < -0.4 is 9.46 Å². The Bertz CT molecular complexity index is 1120. The molecular weight excluding hydrogens is 362 g/mol. The van der Waals surface area contributed by atoms with Gasteiger partial charge in [0.2, 0.25) is 10.0 Å². The third kappa shape index (κ3) is 3.76. The number of rotatable bonds is 6. The number of nitrogens with zero attached hydrogens (tertiary/aromatic N) is 2. The lowest BCUT2D eigenvalue weighted by atomic mass is 10.1. The van der Waals surface area contributed by atoms with E-state index in [-0.39, 0.29) is 0 Å². The number of ether oxygens (including phenoxy) is 1. The van der Waals surface area contributed by atoms with Crippen LogP contribution in [0.4, 0.5) is 5.69 Å². The number of nitriles is 1. The van der Waals surface area contributed by atoms with Gasteiger partial charge in [0.1, 0.15) is 11.8 Å². The van der Waals surface area contributed by atoms with Gasteiger partial charge in [-0.2, -0.15) is 5.26 Å². The fraction of sp³-hybridized carbons (Fsp3) is 0.250. The molecule has 1 heterocycles. The van der Waals surface area contributed by atoms with Crippen LogP contribution in [0.3, 0.4) is 0 Å². The minimum absolute atomic E-state index is 0.486. The van der Waals surface area contributed by atoms with E-state index < -0.39 is 10.0 Å². The second-order valence-corrected chi connectivity index (χ2v) is 8.07. The summed E-state index contributed by atoms with van der Waals surface area (Å²) in [4.78, 5) is 0. The van der Waals surface area contributed by atoms with Gasteiger partial charge in [-0.25, -0.2) is 8.42 Å². The maximum atomic E-state index is 11.4. The van der Waals surface area contributed by atoms with E-state index in [1.54, 1.807) is 19.2 Å². The SMILES string of the molecule is CCCn1c(-c2ccc(NS(C)(=O)=O)cc2)c(C#N)c2ccc(OC)cc21. The molecular formula is C20H21N3O3S. The highest BCUT2D eigenvalue weighted by molar-refractivity contribution is 7.92. The van der Waals surface area contributed by atoms with Crippen LogP contribution in [-0.4, -0.2) is 26.4 Å². The van der Waals surface area contributed by atoms with Gasteiger partial charge in [0, 0.05) is 23.7 Å². The summed E-state index contributed by atoms with van der Waals surface area (Å²) in [6.07, 6.45) is 2.02. The molecule has 1 aromatic heterocycles. The van der Waals surface area contributed by atoms with E-state index in [0.29, 0.717) is 11.3 Å². The van der Waals surface area contributed by atoms with Gasteiger partial charge in [0.15, 0.2) is 0 Å². The first kappa shape index (κ1) is 18.8. The topological polar surface area (TPSA) is 84.1 Å². The molecule has 0 saturated heterocycles. The van der Waals surface area contributed by atoms with Gasteiger partial charge in [-0.05, 0) is 36.2 Å². The number of benzene rings is 2. The van der Waals surface area contributed by atoms with Crippen LogP contribution in [0.25, 0.3) is 22.2 Å². The van der Waals surface area contributed by atoms with Gasteiger partial charge in [0.05, 0.1) is 30.1 Å². The van der Waals surface area contributed by atoms with Crippen molar-refractivity contribution >= 4 is 26.6 Å². The van der Waals surface area contributed by atoms with Crippen molar-refractivity contribution in [3.63, 3.8) is 0 Å². The molecule has 7 heteroatoms. The zero-order valence-electron chi connectivity index (χ0n) is 15.5. The molecule has 0 radical (unpaired) electrons. The first-order chi connectivity index (χ1) is 12.9. The largest absolute Gasteiger partial charge is 0.497 e. The Hall–Kier alpha value is -2.98. The number of hydrogen-bond donors (Lipinski definition) is 1. The van der Waals surface area contributed by atoms with E-state index in [9.17, 15) is 13.7 Å². The molecule has 0 aliphatic heterocycles. The average molecular weight is 383 g/mol. The number of nitrogens with one attached hydrogen (secondary N) is 1. The van der Waals surface area contributed by atoms with Crippen molar-refractivity contribution in [3.05, 3.63) is 48.0 Å². The molecule has 6 nitrogen and oxygen atoms in total. The molecule has 27 heavy (non-hydrogen) atoms. The first-order valence-corrected chi connectivity index (χ1v) is 10.5. The molecule has 0 spiro atoms. The first-order valence-electron chi connectivity index (χ1n) is 8.56. The minimum atomic E-state index is -3.33. The molecule has 0 aliphatic rings. The van der Waals surface area contributed by atoms with Crippen molar-refractivity contribution < 1.29 is 13.2 Å². The van der Waals surface area contributed by atoms with E-state index in [1.165, 1.54) is 0 Å². The number of sulfonamides is 1. The highest BCUT2D eigenvalue weighted by atomic mass is 32.2. The standard InChI is InChI=1S/C20H21N3O3S/c1-4-11-23-19-12-16(26-2)9-10-17(19)18(13-21)20(23)14-5-7-15(8-6-14)22-27(3,24)25/h5-10,12,22H,4,11H2,1-3H3. The number of aromatic nitrogens is 1. The molecule has 3 rings (SSSR count). The molecule has 0 saturated carbocycles. The Labute approximate surface area is 159 Å². The predicted octanol–water partition coefficient (Wildman–Crippen LogP) is 3.97. The van der Waals surface area contributed by atoms with Gasteiger partial charge in [-0.1, -0.05) is 19.1 Å². The lowest BCUT2D eigenvalue weighted by molar-refractivity contribution is 0.415. The maximum Gasteiger partial charge on any atom is 0.229 e. The van der Waals surface area contributed by atoms with E-state index in [2.05, 4.69) is 22.3 Å². The lowest BCUT2D eigenvalue weighted by Gasteiger charge is -2.11. The number of aryl methyl sites for hydroxylation is 1. The summed E-state index contributed by atoms with van der Waals surface area (Å²) in [5, 5.41) is 10.7. The van der Waals surface area contributed by atoms with Gasteiger partial charge in [-0.15, -0.1) is 0 Å². The Morgan fingerprint density at radius 1 is 1.19 bits per heavy atom. The molecule has 0 amide bonds. The molecule has 2 aromatic carbocycles. The summed E-state index contributed by atoms with van der Waals surface area (Å²) in [6.45, 7) is 2.84. The summed E-state index contributed by atoms with van der Waals surface area (Å²) >= 11 is 0. The number of methoxy groups -OCH3 is 1. The quantitative estimate of drug-likeness (QED) is 0.698. The monoisotopic (exact) mass is 383 g/mol. The zero-order chi connectivity index (χ0) is 19.6. The number of anilines is 1. The summed E-state index contributed by atoms with van der Waals surface area (Å²) in [6, 6.07) is 15.1. The number of fused-ring (bicyclic) bond motifs is 1. The van der Waals surface area contributed by atoms with E-state index in [0.717, 1.165) is 47.1 Å². The van der Waals surface area contributed by atoms with E-state index in [4.69, 9.17) is 4.74 Å². The molecule has 0 unspecified atom stereocenters. The van der Waals surface area contributed by atoms with Crippen molar-refractivity contribution in [2.45, 2.75) is 19.9 Å². The Kier molecular flexibility index (Phi) is 5.10. The van der Waals surface area contributed by atoms with Gasteiger partial charge in [-0.3, -0.25) is 4.72 Å². The fourth-order valence-corrected chi connectivity index (χ4v) is 3.80. The zero-order valence-corrected chi connectivity index (χ0v) is 16.3. The smallest absolute Gasteiger partial charge is 0.229 e. The number of hydrogen-bond acceptors (Lipinski definition) is 4. The van der Waals surface area contributed by atoms with Crippen LogP contribution in [0, 0.1) is 11.3 Å². The molecule has 1 N–H and O–H groups in total. The Morgan fingerprint density at radius 2 is 1.89 bits per heavy atom. The second kappa shape index (κ2) is 7.33. The van der Waals surface area contributed by atoms with Crippen LogP contribution >= 0.6 is 0 Å². The molecule has 140 valence electrons. The third-order valence-electron chi connectivity index (χ3n) is 4.29. The molecule has 0 fully saturated rings. The normalized spacial score (nSPS) is 11.3. The van der Waals surface area contributed by atoms with E-state index in [1.807, 2.05) is 30.3 Å². The Morgan fingerprint density at radius 3 is 2.44 bits per heavy atom. The van der Waals surface area contributed by atoms with Gasteiger partial charge >= 0.3 is 0 Å². The van der Waals surface area contributed by atoms with Crippen LogP contribution in [0.2, 0.25) is 0 Å². The van der Waals surface area contributed by atoms with Crippen LogP contribution in [0.15, 0.2) is 42.5 Å². The summed E-state index contributed by atoms with van der Waals surface area (Å²) < 4.78 is 32.7. The van der Waals surface area contributed by atoms with E-state index >= 15 is 0 Å². The summed E-state index contributed by atoms with van der Waals surface area (Å²) in [5.74, 6) is 0.737. The minimum Gasteiger partial charge on any atom is -0.497 e. The maximum absolute atomic E-state index is 11.4. The van der Waals surface area contributed by atoms with Crippen molar-refractivity contribution in [3.8, 4) is 23.1 Å². The van der Waals surface area contributed by atoms with Crippen LogP contribution in [-0.2, 0) is 16.6 Å². The van der Waals surface area contributed by atoms with Crippen molar-refractivity contribution in [2.24, 2.45) is 0 Å². The highest BCUT2D eigenvalue weighted by Gasteiger charge is 2.19. The molecule has 0 atom stereocenters. The highest BCUT2D eigenvalue weighted by Crippen LogP contribution is 2.36. The second-order valence-electron chi connectivity index (χ2n) is 6.32. The van der Waals surface area contributed by atoms with Crippen molar-refractivity contribution in [2.75, 3.05) is 18.1 Å². The van der Waals surface area contributed by atoms with Crippen molar-refractivity contribution in [1.29, 1.82) is 5.26 Å². The van der Waals surface area contributed by atoms with Gasteiger partial charge in [0.25, 0.3) is 0 Å². The Balaban J connectivity index is 2.20. The fourth-order valence-electron chi connectivity index (χ4n) is 3.24. The summed E-state index contributed by atoms with van der Waals surface area (Å²) in [7, 11) is -1.71. The lowest BCUT2D eigenvalue weighted by Crippen LogP contribution is -2.09. The average Bonchev–Trinajstić information content (AvgIpc) is 2.94. The van der Waals surface area contributed by atoms with Crippen LogP contribution in [0.1, 0.15) is 18.9 Å². The molecule has 3 aromatic rings. The molecule has 0 aliphatic carbocycles. The molecule has 0 bridgehead atoms. The van der Waals surface area contributed by atoms with Gasteiger partial charge < -0.3 is 9.30 Å². The predicted molar refractivity (Wildman–Crippen MR) is 107 cm³/mol. The van der Waals surface area contributed by atoms with Crippen LogP contribution in [0.5, 0.6) is 5.75 Å². The van der Waals surface area contributed by atoms with Crippen molar-refractivity contribution in [1.82, 2.24) is 4.57 Å². The summed E-state index contributed by atoms with van der Waals surface area (Å²) in [5.41, 5.74) is 3.72.